The Morgan fingerprint density at radius 1 is 1.50 bits per heavy atom. The molecule has 0 fully saturated rings. The number of hydrogen-bond acceptors (Lipinski definition) is 2. The highest BCUT2D eigenvalue weighted by Crippen LogP contribution is 2.16. The van der Waals surface area contributed by atoms with Crippen molar-refractivity contribution < 1.29 is 0 Å². The molecule has 0 rings (SSSR count). The van der Waals surface area contributed by atoms with Crippen LogP contribution in [0.3, 0.4) is 0 Å². The molecular formula is C12H24N2. The van der Waals surface area contributed by atoms with Gasteiger partial charge in [-0.3, -0.25) is 5.32 Å². The molecule has 0 aliphatic heterocycles. The highest BCUT2D eigenvalue weighted by Gasteiger charge is 2.28. The minimum absolute atomic E-state index is 0.0494. The molecule has 0 saturated heterocycles. The van der Waals surface area contributed by atoms with Gasteiger partial charge in [0.15, 0.2) is 0 Å². The van der Waals surface area contributed by atoms with E-state index in [1.807, 2.05) is 0 Å². The molecule has 0 heterocycles. The molecule has 82 valence electrons. The Morgan fingerprint density at radius 2 is 2.07 bits per heavy atom. The van der Waals surface area contributed by atoms with E-state index >= 15 is 0 Å². The Kier molecular flexibility index (Phi) is 5.83. The van der Waals surface area contributed by atoms with Crippen molar-refractivity contribution in [3.63, 3.8) is 0 Å². The van der Waals surface area contributed by atoms with Gasteiger partial charge in [0.05, 0.1) is 6.04 Å². The summed E-state index contributed by atoms with van der Waals surface area (Å²) in [6, 6.07) is 0.149. The van der Waals surface area contributed by atoms with E-state index in [4.69, 9.17) is 12.2 Å². The van der Waals surface area contributed by atoms with Gasteiger partial charge in [-0.05, 0) is 19.3 Å². The van der Waals surface area contributed by atoms with Crippen LogP contribution in [0.1, 0.15) is 40.5 Å². The summed E-state index contributed by atoms with van der Waals surface area (Å²) in [7, 11) is 0. The normalized spacial score (nSPS) is 17.5. The van der Waals surface area contributed by atoms with Gasteiger partial charge < -0.3 is 5.73 Å². The fourth-order valence-corrected chi connectivity index (χ4v) is 1.35. The second kappa shape index (κ2) is 6.06. The van der Waals surface area contributed by atoms with E-state index < -0.39 is 0 Å². The first-order valence-electron chi connectivity index (χ1n) is 5.44. The molecule has 0 saturated carbocycles. The molecule has 3 N–H and O–H groups in total. The Morgan fingerprint density at radius 3 is 2.36 bits per heavy atom. The van der Waals surface area contributed by atoms with Crippen molar-refractivity contribution in [1.82, 2.24) is 5.32 Å². The van der Waals surface area contributed by atoms with Crippen LogP contribution in [0.4, 0.5) is 0 Å². The maximum absolute atomic E-state index is 5.78. The lowest BCUT2D eigenvalue weighted by atomic mass is 9.87. The summed E-state index contributed by atoms with van der Waals surface area (Å²) in [6.07, 6.45) is 7.58. The van der Waals surface area contributed by atoms with Crippen LogP contribution in [0.2, 0.25) is 0 Å². The van der Waals surface area contributed by atoms with Crippen LogP contribution < -0.4 is 11.1 Å². The quantitative estimate of drug-likeness (QED) is 0.635. The third kappa shape index (κ3) is 3.69. The Hall–Kier alpha value is -0.520. The molecule has 0 aliphatic carbocycles. The van der Waals surface area contributed by atoms with Gasteiger partial charge in [-0.15, -0.1) is 6.42 Å². The van der Waals surface area contributed by atoms with Crippen LogP contribution in [-0.4, -0.2) is 18.1 Å². The molecular weight excluding hydrogens is 172 g/mol. The number of rotatable bonds is 6. The van der Waals surface area contributed by atoms with Crippen LogP contribution >= 0.6 is 0 Å². The first-order valence-corrected chi connectivity index (χ1v) is 5.44. The lowest BCUT2D eigenvalue weighted by molar-refractivity contribution is 0.251. The second-order valence-electron chi connectivity index (χ2n) is 4.43. The maximum Gasteiger partial charge on any atom is 0.0691 e. The van der Waals surface area contributed by atoms with Crippen molar-refractivity contribution in [1.29, 1.82) is 0 Å². The summed E-state index contributed by atoms with van der Waals surface area (Å²) in [6.45, 7) is 9.23. The highest BCUT2D eigenvalue weighted by atomic mass is 15.0. The van der Waals surface area contributed by atoms with Gasteiger partial charge in [-0.2, -0.15) is 0 Å². The Balaban J connectivity index is 4.36. The van der Waals surface area contributed by atoms with Gasteiger partial charge in [0, 0.05) is 12.1 Å². The SMILES string of the molecule is C#CC(CCC)NC(C)(CN)C(C)C. The molecule has 0 amide bonds. The van der Waals surface area contributed by atoms with E-state index in [-0.39, 0.29) is 11.6 Å². The second-order valence-corrected chi connectivity index (χ2v) is 4.43. The van der Waals surface area contributed by atoms with Crippen molar-refractivity contribution in [2.24, 2.45) is 11.7 Å². The van der Waals surface area contributed by atoms with Crippen molar-refractivity contribution in [3.8, 4) is 12.3 Å². The molecule has 0 spiro atoms. The van der Waals surface area contributed by atoms with Crippen LogP contribution in [0.25, 0.3) is 0 Å². The van der Waals surface area contributed by atoms with E-state index in [2.05, 4.69) is 38.9 Å². The van der Waals surface area contributed by atoms with Gasteiger partial charge in [0.1, 0.15) is 0 Å². The molecule has 2 heteroatoms. The van der Waals surface area contributed by atoms with Crippen LogP contribution in [0.5, 0.6) is 0 Å². The largest absolute Gasteiger partial charge is 0.329 e. The summed E-state index contributed by atoms with van der Waals surface area (Å²) in [5, 5.41) is 3.47. The van der Waals surface area contributed by atoms with Gasteiger partial charge in [-0.25, -0.2) is 0 Å². The number of nitrogens with two attached hydrogens (primary N) is 1. The smallest absolute Gasteiger partial charge is 0.0691 e. The summed E-state index contributed by atoms with van der Waals surface area (Å²) in [5.41, 5.74) is 5.73. The lowest BCUT2D eigenvalue weighted by Gasteiger charge is -2.36. The average molecular weight is 196 g/mol. The zero-order valence-electron chi connectivity index (χ0n) is 9.93. The Labute approximate surface area is 88.6 Å². The van der Waals surface area contributed by atoms with E-state index in [0.717, 1.165) is 12.8 Å². The fourth-order valence-electron chi connectivity index (χ4n) is 1.35. The van der Waals surface area contributed by atoms with E-state index in [1.54, 1.807) is 0 Å². The van der Waals surface area contributed by atoms with Gasteiger partial charge in [0.2, 0.25) is 0 Å². The molecule has 0 aromatic heterocycles. The molecule has 0 aromatic carbocycles. The van der Waals surface area contributed by atoms with Crippen molar-refractivity contribution >= 4 is 0 Å². The van der Waals surface area contributed by atoms with Crippen molar-refractivity contribution in [3.05, 3.63) is 0 Å². The lowest BCUT2D eigenvalue weighted by Crippen LogP contribution is -2.56. The van der Waals surface area contributed by atoms with Crippen LogP contribution in [0.15, 0.2) is 0 Å². The summed E-state index contributed by atoms with van der Waals surface area (Å²) >= 11 is 0. The zero-order chi connectivity index (χ0) is 11.2. The molecule has 14 heavy (non-hydrogen) atoms. The number of nitrogens with one attached hydrogen (secondary N) is 1. The van der Waals surface area contributed by atoms with Gasteiger partial charge in [0.25, 0.3) is 0 Å². The summed E-state index contributed by atoms with van der Waals surface area (Å²) in [5.74, 6) is 3.27. The van der Waals surface area contributed by atoms with Gasteiger partial charge >= 0.3 is 0 Å². The molecule has 2 nitrogen and oxygen atoms in total. The first-order chi connectivity index (χ1) is 6.50. The highest BCUT2D eigenvalue weighted by molar-refractivity contribution is 5.03. The minimum Gasteiger partial charge on any atom is -0.329 e. The summed E-state index contributed by atoms with van der Waals surface area (Å²) < 4.78 is 0. The molecule has 2 atom stereocenters. The molecule has 2 unspecified atom stereocenters. The zero-order valence-corrected chi connectivity index (χ0v) is 9.93. The molecule has 0 radical (unpaired) electrons. The third-order valence-electron chi connectivity index (χ3n) is 2.98. The number of terminal acetylenes is 1. The standard InChI is InChI=1S/C12H24N2/c1-6-8-11(7-2)14-12(5,9-13)10(3)4/h2,10-11,14H,6,8-9,13H2,1,3-5H3. The topological polar surface area (TPSA) is 38.0 Å². The molecule has 0 aliphatic rings. The van der Waals surface area contributed by atoms with Crippen LogP contribution in [0, 0.1) is 18.3 Å². The third-order valence-corrected chi connectivity index (χ3v) is 2.98. The average Bonchev–Trinajstić information content (AvgIpc) is 2.16. The minimum atomic E-state index is -0.0494. The predicted molar refractivity (Wildman–Crippen MR) is 63.0 cm³/mol. The van der Waals surface area contributed by atoms with E-state index in [1.165, 1.54) is 0 Å². The monoisotopic (exact) mass is 196 g/mol. The first kappa shape index (κ1) is 13.5. The van der Waals surface area contributed by atoms with Crippen molar-refractivity contribution in [2.45, 2.75) is 52.1 Å². The van der Waals surface area contributed by atoms with E-state index in [9.17, 15) is 0 Å². The number of hydrogen-bond donors (Lipinski definition) is 2. The maximum atomic E-state index is 5.78. The van der Waals surface area contributed by atoms with Crippen LogP contribution in [-0.2, 0) is 0 Å². The molecule has 0 bridgehead atoms. The summed E-state index contributed by atoms with van der Waals surface area (Å²) in [4.78, 5) is 0. The van der Waals surface area contributed by atoms with Gasteiger partial charge in [-0.1, -0.05) is 33.1 Å². The molecule has 0 aromatic rings. The Bertz CT molecular complexity index is 193. The van der Waals surface area contributed by atoms with Crippen molar-refractivity contribution in [2.75, 3.05) is 6.54 Å². The van der Waals surface area contributed by atoms with E-state index in [0.29, 0.717) is 12.5 Å². The predicted octanol–water partition coefficient (Wildman–Crippen LogP) is 1.75. The fraction of sp³-hybridized carbons (Fsp3) is 0.833.